The first-order valence-electron chi connectivity index (χ1n) is 4.19. The molecule has 0 aromatic carbocycles. The number of pyridine rings is 1. The van der Waals surface area contributed by atoms with Crippen LogP contribution in [-0.4, -0.2) is 20.8 Å². The van der Waals surface area contributed by atoms with Gasteiger partial charge in [-0.05, 0) is 34.9 Å². The van der Waals surface area contributed by atoms with Crippen molar-refractivity contribution in [2.75, 3.05) is 6.26 Å². The maximum Gasteiger partial charge on any atom is 0.265 e. The van der Waals surface area contributed by atoms with Crippen LogP contribution in [0.25, 0.3) is 11.0 Å². The molecule has 0 N–H and O–H groups in total. The molecule has 0 aliphatic rings. The average Bonchev–Trinajstić information content (AvgIpc) is 2.26. The molecule has 0 saturated carbocycles. The van der Waals surface area contributed by atoms with E-state index in [0.717, 1.165) is 5.39 Å². The second-order valence-electron chi connectivity index (χ2n) is 2.99. The van der Waals surface area contributed by atoms with Gasteiger partial charge >= 0.3 is 0 Å². The van der Waals surface area contributed by atoms with Gasteiger partial charge < -0.3 is 0 Å². The Balaban J connectivity index is 2.88. The first kappa shape index (κ1) is 10.9. The fourth-order valence-electron chi connectivity index (χ4n) is 1.29. The van der Waals surface area contributed by atoms with Crippen LogP contribution in [0.1, 0.15) is 0 Å². The molecule has 78 valence electrons. The van der Waals surface area contributed by atoms with Crippen molar-refractivity contribution in [2.24, 2.45) is 7.05 Å². The highest BCUT2D eigenvalue weighted by Crippen LogP contribution is 2.14. The van der Waals surface area contributed by atoms with E-state index in [1.807, 2.05) is 34.9 Å². The topological polar surface area (TPSA) is 47.8 Å². The van der Waals surface area contributed by atoms with Gasteiger partial charge in [-0.25, -0.2) is 9.97 Å². The minimum Gasteiger partial charge on any atom is -0.295 e. The van der Waals surface area contributed by atoms with Gasteiger partial charge in [0.1, 0.15) is 5.65 Å². The quantitative estimate of drug-likeness (QED) is 0.452. The van der Waals surface area contributed by atoms with Crippen molar-refractivity contribution in [3.05, 3.63) is 26.2 Å². The van der Waals surface area contributed by atoms with Crippen LogP contribution in [0.3, 0.4) is 0 Å². The number of rotatable bonds is 1. The third-order valence-corrected chi connectivity index (χ3v) is 3.40. The Morgan fingerprint density at radius 1 is 1.53 bits per heavy atom. The second kappa shape index (κ2) is 4.09. The Morgan fingerprint density at radius 3 is 2.93 bits per heavy atom. The number of aryl methyl sites for hydroxylation is 1. The van der Waals surface area contributed by atoms with Gasteiger partial charge in [0.2, 0.25) is 0 Å². The van der Waals surface area contributed by atoms with Crippen molar-refractivity contribution in [1.82, 2.24) is 14.5 Å². The number of halogens is 1. The highest BCUT2D eigenvalue weighted by Gasteiger charge is 2.06. The third kappa shape index (κ3) is 1.87. The van der Waals surface area contributed by atoms with Crippen molar-refractivity contribution < 1.29 is 0 Å². The summed E-state index contributed by atoms with van der Waals surface area (Å²) in [6.07, 6.45) is 3.65. The number of aromatic nitrogens is 3. The molecule has 0 fully saturated rings. The molecule has 0 radical (unpaired) electrons. The number of fused-ring (bicyclic) bond motifs is 1. The van der Waals surface area contributed by atoms with Gasteiger partial charge in [0, 0.05) is 18.6 Å². The van der Waals surface area contributed by atoms with Crippen LogP contribution in [0.4, 0.5) is 0 Å². The predicted molar refractivity (Wildman–Crippen MR) is 69.3 cm³/mol. The Bertz CT molecular complexity index is 581. The molecule has 0 aliphatic carbocycles. The molecule has 0 saturated heterocycles. The van der Waals surface area contributed by atoms with E-state index in [2.05, 4.69) is 9.97 Å². The van der Waals surface area contributed by atoms with Crippen molar-refractivity contribution in [3.8, 4) is 0 Å². The standard InChI is InChI=1S/C9H8IN3OS/c1-13-7-5(3-6(10)8(13)14)4-11-9(12-7)15-2/h3-4H,1-2H3. The zero-order valence-electron chi connectivity index (χ0n) is 8.19. The molecule has 2 aromatic rings. The summed E-state index contributed by atoms with van der Waals surface area (Å²) < 4.78 is 2.24. The highest BCUT2D eigenvalue weighted by atomic mass is 127. The zero-order chi connectivity index (χ0) is 11.0. The summed E-state index contributed by atoms with van der Waals surface area (Å²) in [6.45, 7) is 0. The van der Waals surface area contributed by atoms with E-state index in [-0.39, 0.29) is 5.56 Å². The maximum absolute atomic E-state index is 11.7. The van der Waals surface area contributed by atoms with E-state index in [9.17, 15) is 4.79 Å². The Labute approximate surface area is 104 Å². The highest BCUT2D eigenvalue weighted by molar-refractivity contribution is 14.1. The van der Waals surface area contributed by atoms with E-state index in [0.29, 0.717) is 14.4 Å². The van der Waals surface area contributed by atoms with Crippen molar-refractivity contribution in [1.29, 1.82) is 0 Å². The van der Waals surface area contributed by atoms with E-state index in [1.54, 1.807) is 17.8 Å². The fourth-order valence-corrected chi connectivity index (χ4v) is 2.32. The summed E-state index contributed by atoms with van der Waals surface area (Å²) in [6, 6.07) is 1.81. The largest absolute Gasteiger partial charge is 0.295 e. The average molecular weight is 333 g/mol. The lowest BCUT2D eigenvalue weighted by molar-refractivity contribution is 0.854. The molecule has 0 aliphatic heterocycles. The van der Waals surface area contributed by atoms with Gasteiger partial charge in [0.25, 0.3) is 5.56 Å². The monoisotopic (exact) mass is 333 g/mol. The Morgan fingerprint density at radius 2 is 2.27 bits per heavy atom. The Hall–Kier alpha value is -0.630. The van der Waals surface area contributed by atoms with Crippen molar-refractivity contribution in [3.63, 3.8) is 0 Å². The second-order valence-corrected chi connectivity index (χ2v) is 4.93. The molecule has 15 heavy (non-hydrogen) atoms. The number of hydrogen-bond acceptors (Lipinski definition) is 4. The van der Waals surface area contributed by atoms with Gasteiger partial charge in [0.05, 0.1) is 3.57 Å². The fraction of sp³-hybridized carbons (Fsp3) is 0.222. The lowest BCUT2D eigenvalue weighted by Crippen LogP contribution is -2.20. The molecular formula is C9H8IN3OS. The minimum atomic E-state index is -0.0196. The van der Waals surface area contributed by atoms with Crippen molar-refractivity contribution in [2.45, 2.75) is 5.16 Å². The molecule has 0 atom stereocenters. The van der Waals surface area contributed by atoms with Crippen LogP contribution in [0, 0.1) is 3.57 Å². The number of hydrogen-bond donors (Lipinski definition) is 0. The van der Waals surface area contributed by atoms with E-state index in [4.69, 9.17) is 0 Å². The molecule has 2 heterocycles. The lowest BCUT2D eigenvalue weighted by Gasteiger charge is -2.05. The van der Waals surface area contributed by atoms with Gasteiger partial charge in [-0.15, -0.1) is 0 Å². The van der Waals surface area contributed by atoms with Crippen LogP contribution in [0.15, 0.2) is 22.2 Å². The molecule has 0 amide bonds. The van der Waals surface area contributed by atoms with Crippen LogP contribution in [-0.2, 0) is 7.05 Å². The molecular weight excluding hydrogens is 325 g/mol. The minimum absolute atomic E-state index is 0.0196. The zero-order valence-corrected chi connectivity index (χ0v) is 11.2. The maximum atomic E-state index is 11.7. The van der Waals surface area contributed by atoms with Crippen LogP contribution < -0.4 is 5.56 Å². The van der Waals surface area contributed by atoms with E-state index < -0.39 is 0 Å². The molecule has 2 rings (SSSR count). The summed E-state index contributed by atoms with van der Waals surface area (Å²) in [5.74, 6) is 0. The van der Waals surface area contributed by atoms with Gasteiger partial charge in [0.15, 0.2) is 5.16 Å². The SMILES string of the molecule is CSc1ncc2cc(I)c(=O)n(C)c2n1. The summed E-state index contributed by atoms with van der Waals surface area (Å²) >= 11 is 3.48. The molecule has 2 aromatic heterocycles. The number of nitrogens with zero attached hydrogens (tertiary/aromatic N) is 3. The molecule has 0 spiro atoms. The molecule has 0 bridgehead atoms. The number of thioether (sulfide) groups is 1. The van der Waals surface area contributed by atoms with Crippen molar-refractivity contribution >= 4 is 45.4 Å². The van der Waals surface area contributed by atoms with Gasteiger partial charge in [-0.1, -0.05) is 11.8 Å². The first-order chi connectivity index (χ1) is 7.13. The van der Waals surface area contributed by atoms with Gasteiger partial charge in [-0.2, -0.15) is 0 Å². The third-order valence-electron chi connectivity index (χ3n) is 2.07. The summed E-state index contributed by atoms with van der Waals surface area (Å²) in [7, 11) is 1.73. The molecule has 4 nitrogen and oxygen atoms in total. The smallest absolute Gasteiger partial charge is 0.265 e. The molecule has 0 unspecified atom stereocenters. The van der Waals surface area contributed by atoms with E-state index in [1.165, 1.54) is 11.8 Å². The summed E-state index contributed by atoms with van der Waals surface area (Å²) in [5, 5.41) is 1.57. The Kier molecular flexibility index (Phi) is 2.96. The predicted octanol–water partition coefficient (Wildman–Crippen LogP) is 1.66. The first-order valence-corrected chi connectivity index (χ1v) is 6.50. The summed E-state index contributed by atoms with van der Waals surface area (Å²) in [4.78, 5) is 20.1. The lowest BCUT2D eigenvalue weighted by atomic mass is 10.3. The van der Waals surface area contributed by atoms with E-state index >= 15 is 0 Å². The normalized spacial score (nSPS) is 10.9. The summed E-state index contributed by atoms with van der Waals surface area (Å²) in [5.41, 5.74) is 0.661. The van der Waals surface area contributed by atoms with Crippen LogP contribution in [0.2, 0.25) is 0 Å². The van der Waals surface area contributed by atoms with Crippen LogP contribution in [0.5, 0.6) is 0 Å². The van der Waals surface area contributed by atoms with Crippen LogP contribution >= 0.6 is 34.4 Å². The molecule has 6 heteroatoms. The van der Waals surface area contributed by atoms with Gasteiger partial charge in [-0.3, -0.25) is 9.36 Å².